The van der Waals surface area contributed by atoms with Crippen LogP contribution in [0.15, 0.2) is 11.4 Å². The second-order valence-electron chi connectivity index (χ2n) is 5.63. The first-order valence-corrected chi connectivity index (χ1v) is 8.06. The summed E-state index contributed by atoms with van der Waals surface area (Å²) >= 11 is 1.93. The fourth-order valence-corrected chi connectivity index (χ4v) is 3.55. The van der Waals surface area contributed by atoms with Crippen molar-refractivity contribution in [2.75, 3.05) is 20.1 Å². The van der Waals surface area contributed by atoms with Crippen LogP contribution < -0.4 is 5.32 Å². The molecule has 18 heavy (non-hydrogen) atoms. The molecule has 3 heteroatoms. The second-order valence-corrected chi connectivity index (χ2v) is 6.63. The zero-order chi connectivity index (χ0) is 13.0. The molecule has 0 saturated heterocycles. The molecule has 0 spiro atoms. The standard InChI is InChI=1S/C15H26N2S/c1-12(2)17(3)10-5-9-16-14-6-4-7-15-13(14)8-11-18-15/h8,11-12,14,16H,4-7,9-10H2,1-3H3. The van der Waals surface area contributed by atoms with Crippen LogP contribution in [0.2, 0.25) is 0 Å². The highest BCUT2D eigenvalue weighted by molar-refractivity contribution is 7.10. The van der Waals surface area contributed by atoms with Crippen LogP contribution in [0.3, 0.4) is 0 Å². The summed E-state index contributed by atoms with van der Waals surface area (Å²) in [6.07, 6.45) is 5.19. The fourth-order valence-electron chi connectivity index (χ4n) is 2.56. The lowest BCUT2D eigenvalue weighted by atomic mass is 9.94. The minimum Gasteiger partial charge on any atom is -0.310 e. The minimum atomic E-state index is 0.615. The Balaban J connectivity index is 1.72. The molecule has 0 aromatic carbocycles. The van der Waals surface area contributed by atoms with Gasteiger partial charge in [0.1, 0.15) is 0 Å². The molecule has 102 valence electrons. The van der Waals surface area contributed by atoms with E-state index in [0.717, 1.165) is 6.54 Å². The average molecular weight is 266 g/mol. The molecule has 1 N–H and O–H groups in total. The SMILES string of the molecule is CC(C)N(C)CCCNC1CCCc2sccc21. The summed E-state index contributed by atoms with van der Waals surface area (Å²) in [5.41, 5.74) is 1.57. The Morgan fingerprint density at radius 2 is 2.33 bits per heavy atom. The zero-order valence-electron chi connectivity index (χ0n) is 11.9. The topological polar surface area (TPSA) is 15.3 Å². The lowest BCUT2D eigenvalue weighted by molar-refractivity contribution is 0.267. The van der Waals surface area contributed by atoms with Crippen molar-refractivity contribution in [1.82, 2.24) is 10.2 Å². The Hall–Kier alpha value is -0.380. The van der Waals surface area contributed by atoms with Gasteiger partial charge in [-0.2, -0.15) is 0 Å². The first-order valence-electron chi connectivity index (χ1n) is 7.18. The molecule has 2 rings (SSSR count). The van der Waals surface area contributed by atoms with Gasteiger partial charge in [0.25, 0.3) is 0 Å². The van der Waals surface area contributed by atoms with Crippen molar-refractivity contribution < 1.29 is 0 Å². The highest BCUT2D eigenvalue weighted by Crippen LogP contribution is 2.33. The zero-order valence-corrected chi connectivity index (χ0v) is 12.7. The Labute approximate surface area is 115 Å². The molecule has 1 heterocycles. The van der Waals surface area contributed by atoms with E-state index in [1.54, 1.807) is 10.4 Å². The first-order chi connectivity index (χ1) is 8.68. The molecule has 1 aliphatic rings. The lowest BCUT2D eigenvalue weighted by Gasteiger charge is -2.25. The number of aryl methyl sites for hydroxylation is 1. The predicted octanol–water partition coefficient (Wildman–Crippen LogP) is 3.45. The Morgan fingerprint density at radius 3 is 3.11 bits per heavy atom. The number of fused-ring (bicyclic) bond motifs is 1. The van der Waals surface area contributed by atoms with Crippen LogP contribution >= 0.6 is 11.3 Å². The Bertz CT molecular complexity index is 359. The summed E-state index contributed by atoms with van der Waals surface area (Å²) in [5.74, 6) is 0. The van der Waals surface area contributed by atoms with E-state index in [-0.39, 0.29) is 0 Å². The smallest absolute Gasteiger partial charge is 0.0331 e. The van der Waals surface area contributed by atoms with Crippen molar-refractivity contribution in [3.63, 3.8) is 0 Å². The average Bonchev–Trinajstić information content (AvgIpc) is 2.83. The van der Waals surface area contributed by atoms with Crippen molar-refractivity contribution in [2.24, 2.45) is 0 Å². The summed E-state index contributed by atoms with van der Waals surface area (Å²) in [4.78, 5) is 4.02. The van der Waals surface area contributed by atoms with Crippen molar-refractivity contribution in [2.45, 2.75) is 51.6 Å². The van der Waals surface area contributed by atoms with E-state index >= 15 is 0 Å². The third kappa shape index (κ3) is 3.56. The minimum absolute atomic E-state index is 0.615. The number of nitrogens with one attached hydrogen (secondary N) is 1. The largest absolute Gasteiger partial charge is 0.310 e. The number of rotatable bonds is 6. The summed E-state index contributed by atoms with van der Waals surface area (Å²) in [7, 11) is 2.21. The van der Waals surface area contributed by atoms with E-state index in [1.165, 1.54) is 32.2 Å². The molecule has 0 aliphatic heterocycles. The first kappa shape index (κ1) is 14.0. The Kier molecular flexibility index (Phi) is 5.22. The third-order valence-electron chi connectivity index (χ3n) is 4.01. The summed E-state index contributed by atoms with van der Waals surface area (Å²) in [6, 6.07) is 3.59. The molecule has 1 unspecified atom stereocenters. The summed E-state index contributed by atoms with van der Waals surface area (Å²) < 4.78 is 0. The molecule has 0 bridgehead atoms. The van der Waals surface area contributed by atoms with Crippen LogP contribution in [0, 0.1) is 0 Å². The normalized spacial score (nSPS) is 19.5. The number of thiophene rings is 1. The third-order valence-corrected chi connectivity index (χ3v) is 5.01. The van der Waals surface area contributed by atoms with Crippen LogP contribution in [0.1, 0.15) is 49.6 Å². The number of nitrogens with zero attached hydrogens (tertiary/aromatic N) is 1. The molecule has 1 atom stereocenters. The molecule has 0 fully saturated rings. The maximum Gasteiger partial charge on any atom is 0.0331 e. The molecule has 0 amide bonds. The van der Waals surface area contributed by atoms with E-state index in [4.69, 9.17) is 0 Å². The predicted molar refractivity (Wildman–Crippen MR) is 80.4 cm³/mol. The van der Waals surface area contributed by atoms with Gasteiger partial charge >= 0.3 is 0 Å². The molecular weight excluding hydrogens is 240 g/mol. The maximum absolute atomic E-state index is 3.74. The molecule has 1 aromatic rings. The quantitative estimate of drug-likeness (QED) is 0.793. The van der Waals surface area contributed by atoms with Gasteiger partial charge in [0.2, 0.25) is 0 Å². The second kappa shape index (κ2) is 6.69. The number of hydrogen-bond acceptors (Lipinski definition) is 3. The van der Waals surface area contributed by atoms with Crippen LogP contribution in [0.25, 0.3) is 0 Å². The van der Waals surface area contributed by atoms with E-state index < -0.39 is 0 Å². The molecule has 0 radical (unpaired) electrons. The van der Waals surface area contributed by atoms with Gasteiger partial charge in [-0.05, 0) is 76.7 Å². The highest BCUT2D eigenvalue weighted by Gasteiger charge is 2.20. The van der Waals surface area contributed by atoms with Gasteiger partial charge in [0, 0.05) is 17.0 Å². The van der Waals surface area contributed by atoms with Gasteiger partial charge in [-0.15, -0.1) is 11.3 Å². The van der Waals surface area contributed by atoms with E-state index in [9.17, 15) is 0 Å². The van der Waals surface area contributed by atoms with Crippen LogP contribution in [-0.4, -0.2) is 31.1 Å². The molecule has 2 nitrogen and oxygen atoms in total. The van der Waals surface area contributed by atoms with Crippen molar-refractivity contribution >= 4 is 11.3 Å². The Morgan fingerprint density at radius 1 is 1.50 bits per heavy atom. The van der Waals surface area contributed by atoms with Crippen LogP contribution in [-0.2, 0) is 6.42 Å². The molecular formula is C15H26N2S. The number of hydrogen-bond donors (Lipinski definition) is 1. The van der Waals surface area contributed by atoms with Gasteiger partial charge in [-0.1, -0.05) is 0 Å². The maximum atomic E-state index is 3.74. The van der Waals surface area contributed by atoms with Gasteiger partial charge < -0.3 is 10.2 Å². The van der Waals surface area contributed by atoms with Crippen molar-refractivity contribution in [3.05, 3.63) is 21.9 Å². The molecule has 1 aliphatic carbocycles. The van der Waals surface area contributed by atoms with Crippen molar-refractivity contribution in [3.8, 4) is 0 Å². The van der Waals surface area contributed by atoms with Crippen molar-refractivity contribution in [1.29, 1.82) is 0 Å². The van der Waals surface area contributed by atoms with E-state index in [0.29, 0.717) is 12.1 Å². The molecule has 0 saturated carbocycles. The van der Waals surface area contributed by atoms with Gasteiger partial charge in [-0.25, -0.2) is 0 Å². The van der Waals surface area contributed by atoms with Crippen LogP contribution in [0.5, 0.6) is 0 Å². The van der Waals surface area contributed by atoms with Gasteiger partial charge in [0.15, 0.2) is 0 Å². The monoisotopic (exact) mass is 266 g/mol. The summed E-state index contributed by atoms with van der Waals surface area (Å²) in [5, 5.41) is 5.99. The van der Waals surface area contributed by atoms with E-state index in [1.807, 2.05) is 11.3 Å². The summed E-state index contributed by atoms with van der Waals surface area (Å²) in [6.45, 7) is 6.84. The fraction of sp³-hybridized carbons (Fsp3) is 0.733. The van der Waals surface area contributed by atoms with Crippen LogP contribution in [0.4, 0.5) is 0 Å². The highest BCUT2D eigenvalue weighted by atomic mass is 32.1. The van der Waals surface area contributed by atoms with Gasteiger partial charge in [-0.3, -0.25) is 0 Å². The molecule has 1 aromatic heterocycles. The van der Waals surface area contributed by atoms with Gasteiger partial charge in [0.05, 0.1) is 0 Å². The van der Waals surface area contributed by atoms with E-state index in [2.05, 4.69) is 42.6 Å². The lowest BCUT2D eigenvalue weighted by Crippen LogP contribution is -2.31.